The van der Waals surface area contributed by atoms with Gasteiger partial charge in [-0.2, -0.15) is 0 Å². The third-order valence-electron chi connectivity index (χ3n) is 6.47. The molecule has 0 aromatic heterocycles. The molecule has 2 nitrogen and oxygen atoms in total. The zero-order valence-corrected chi connectivity index (χ0v) is 18.5. The summed E-state index contributed by atoms with van der Waals surface area (Å²) in [5, 5.41) is 0. The minimum absolute atomic E-state index is 0.0138. The van der Waals surface area contributed by atoms with Crippen LogP contribution in [0.5, 0.6) is 5.75 Å². The first-order valence-electron chi connectivity index (χ1n) is 11.8. The molecule has 3 rings (SSSR count). The van der Waals surface area contributed by atoms with Gasteiger partial charge >= 0.3 is 5.97 Å². The van der Waals surface area contributed by atoms with Crippen molar-refractivity contribution in [3.63, 3.8) is 0 Å². The number of hydrogen-bond donors (Lipinski definition) is 0. The van der Waals surface area contributed by atoms with Crippen molar-refractivity contribution in [2.75, 3.05) is 0 Å². The van der Waals surface area contributed by atoms with Gasteiger partial charge in [0.05, 0.1) is 5.92 Å². The first-order chi connectivity index (χ1) is 15.0. The maximum absolute atomic E-state index is 13.3. The Kier molecular flexibility index (Phi) is 9.05. The molecule has 0 unspecified atom stereocenters. The van der Waals surface area contributed by atoms with Gasteiger partial charge in [0.25, 0.3) is 0 Å². The second kappa shape index (κ2) is 12.0. The van der Waals surface area contributed by atoms with Crippen molar-refractivity contribution in [2.45, 2.75) is 77.6 Å². The maximum Gasteiger partial charge on any atom is 0.314 e. The number of carbonyl (C=O) groups excluding carboxylic acids is 1. The molecule has 0 N–H and O–H groups in total. The molecule has 0 bridgehead atoms. The van der Waals surface area contributed by atoms with Crippen molar-refractivity contribution in [1.29, 1.82) is 0 Å². The molecule has 1 saturated carbocycles. The number of esters is 1. The molecular weight excluding hydrogens is 394 g/mol. The quantitative estimate of drug-likeness (QED) is 0.223. The Hall–Kier alpha value is -2.23. The highest BCUT2D eigenvalue weighted by atomic mass is 19.2. The van der Waals surface area contributed by atoms with Crippen molar-refractivity contribution >= 4 is 5.97 Å². The summed E-state index contributed by atoms with van der Waals surface area (Å²) < 4.78 is 32.0. The lowest BCUT2D eigenvalue weighted by Gasteiger charge is -2.27. The van der Waals surface area contributed by atoms with Gasteiger partial charge in [-0.15, -0.1) is 0 Å². The molecule has 0 heterocycles. The standard InChI is InChI=1S/C27H34F2O2/c1-2-3-4-5-6-20-9-14-23(15-10-20)27(30)31-24-16-11-21(12-17-24)7-8-22-13-18-25(28)26(29)19-22/h11-13,16-20,23H,2-10,14-15H2,1H3. The van der Waals surface area contributed by atoms with E-state index in [0.29, 0.717) is 18.6 Å². The number of unbranched alkanes of at least 4 members (excludes halogenated alkanes) is 3. The summed E-state index contributed by atoms with van der Waals surface area (Å²) in [7, 11) is 0. The van der Waals surface area contributed by atoms with Gasteiger partial charge in [0.15, 0.2) is 11.6 Å². The first-order valence-corrected chi connectivity index (χ1v) is 11.8. The second-order valence-corrected chi connectivity index (χ2v) is 8.88. The zero-order chi connectivity index (χ0) is 22.1. The van der Waals surface area contributed by atoms with E-state index in [9.17, 15) is 13.6 Å². The molecule has 0 radical (unpaired) electrons. The van der Waals surface area contributed by atoms with Gasteiger partial charge in [-0.05, 0) is 79.8 Å². The average molecular weight is 429 g/mol. The molecule has 0 amide bonds. The Bertz CT molecular complexity index is 824. The maximum atomic E-state index is 13.3. The molecule has 2 aromatic carbocycles. The SMILES string of the molecule is CCCCCCC1CCC(C(=O)Oc2ccc(CCc3ccc(F)c(F)c3)cc2)CC1. The van der Waals surface area contributed by atoms with Crippen molar-refractivity contribution in [3.8, 4) is 5.75 Å². The lowest BCUT2D eigenvalue weighted by molar-refractivity contribution is -0.140. The molecule has 0 atom stereocenters. The van der Waals surface area contributed by atoms with Gasteiger partial charge in [0.2, 0.25) is 0 Å². The van der Waals surface area contributed by atoms with E-state index in [4.69, 9.17) is 4.74 Å². The van der Waals surface area contributed by atoms with Crippen molar-refractivity contribution < 1.29 is 18.3 Å². The summed E-state index contributed by atoms with van der Waals surface area (Å²) in [6.45, 7) is 2.24. The van der Waals surface area contributed by atoms with Crippen LogP contribution in [0.1, 0.15) is 75.8 Å². The minimum Gasteiger partial charge on any atom is -0.426 e. The lowest BCUT2D eigenvalue weighted by Crippen LogP contribution is -2.25. The Morgan fingerprint density at radius 1 is 0.871 bits per heavy atom. The van der Waals surface area contributed by atoms with Crippen molar-refractivity contribution in [1.82, 2.24) is 0 Å². The summed E-state index contributed by atoms with van der Waals surface area (Å²) in [4.78, 5) is 12.5. The number of carbonyl (C=O) groups is 1. The van der Waals surface area contributed by atoms with Crippen LogP contribution < -0.4 is 4.74 Å². The molecule has 2 aromatic rings. The molecule has 31 heavy (non-hydrogen) atoms. The monoisotopic (exact) mass is 428 g/mol. The fourth-order valence-corrected chi connectivity index (χ4v) is 4.45. The smallest absolute Gasteiger partial charge is 0.314 e. The topological polar surface area (TPSA) is 26.3 Å². The van der Waals surface area contributed by atoms with Crippen LogP contribution in [-0.4, -0.2) is 5.97 Å². The molecule has 0 aliphatic heterocycles. The van der Waals surface area contributed by atoms with Crippen LogP contribution in [-0.2, 0) is 17.6 Å². The van der Waals surface area contributed by atoms with E-state index in [1.54, 1.807) is 6.07 Å². The summed E-state index contributed by atoms with van der Waals surface area (Å²) in [6.07, 6.45) is 12.0. The highest BCUT2D eigenvalue weighted by Gasteiger charge is 2.27. The third-order valence-corrected chi connectivity index (χ3v) is 6.47. The van der Waals surface area contributed by atoms with Crippen LogP contribution in [0, 0.1) is 23.5 Å². The minimum atomic E-state index is -0.824. The summed E-state index contributed by atoms with van der Waals surface area (Å²) >= 11 is 0. The molecule has 0 saturated heterocycles. The Balaban J connectivity index is 1.40. The number of aryl methyl sites for hydroxylation is 2. The van der Waals surface area contributed by atoms with Crippen LogP contribution in [0.25, 0.3) is 0 Å². The number of halogens is 2. The Morgan fingerprint density at radius 2 is 1.55 bits per heavy atom. The lowest BCUT2D eigenvalue weighted by atomic mass is 9.80. The van der Waals surface area contributed by atoms with Crippen LogP contribution in [0.2, 0.25) is 0 Å². The van der Waals surface area contributed by atoms with E-state index in [1.807, 2.05) is 24.3 Å². The molecule has 168 valence electrons. The normalized spacial score (nSPS) is 18.7. The number of ether oxygens (including phenoxy) is 1. The fraction of sp³-hybridized carbons (Fsp3) is 0.519. The average Bonchev–Trinajstić information content (AvgIpc) is 2.79. The van der Waals surface area contributed by atoms with Crippen LogP contribution in [0.15, 0.2) is 42.5 Å². The van der Waals surface area contributed by atoms with Crippen molar-refractivity contribution in [3.05, 3.63) is 65.2 Å². The van der Waals surface area contributed by atoms with Gasteiger partial charge in [-0.1, -0.05) is 57.2 Å². The van der Waals surface area contributed by atoms with Crippen molar-refractivity contribution in [2.24, 2.45) is 11.8 Å². The summed E-state index contributed by atoms with van der Waals surface area (Å²) in [5.41, 5.74) is 1.82. The first kappa shape index (κ1) is 23.4. The van der Waals surface area contributed by atoms with E-state index in [0.717, 1.165) is 48.8 Å². The third kappa shape index (κ3) is 7.45. The van der Waals surface area contributed by atoms with Gasteiger partial charge in [-0.3, -0.25) is 4.79 Å². The Morgan fingerprint density at radius 3 is 2.23 bits per heavy atom. The van der Waals surface area contributed by atoms with E-state index in [2.05, 4.69) is 6.92 Å². The number of benzene rings is 2. The summed E-state index contributed by atoms with van der Waals surface area (Å²) in [6, 6.07) is 11.5. The van der Waals surface area contributed by atoms with Gasteiger partial charge in [-0.25, -0.2) is 8.78 Å². The molecular formula is C27H34F2O2. The highest BCUT2D eigenvalue weighted by Crippen LogP contribution is 2.33. The predicted molar refractivity (Wildman–Crippen MR) is 120 cm³/mol. The molecule has 1 fully saturated rings. The van der Waals surface area contributed by atoms with Gasteiger partial charge < -0.3 is 4.74 Å². The summed E-state index contributed by atoms with van der Waals surface area (Å²) in [5.74, 6) is -0.391. The largest absolute Gasteiger partial charge is 0.426 e. The molecule has 1 aliphatic carbocycles. The highest BCUT2D eigenvalue weighted by molar-refractivity contribution is 5.75. The van der Waals surface area contributed by atoms with Gasteiger partial charge in [0.1, 0.15) is 5.75 Å². The van der Waals surface area contributed by atoms with Crippen LogP contribution >= 0.6 is 0 Å². The van der Waals surface area contributed by atoms with Gasteiger partial charge in [0, 0.05) is 0 Å². The molecule has 0 spiro atoms. The van der Waals surface area contributed by atoms with E-state index < -0.39 is 11.6 Å². The predicted octanol–water partition coefficient (Wildman–Crippen LogP) is 7.43. The van der Waals surface area contributed by atoms with E-state index in [1.165, 1.54) is 38.2 Å². The number of rotatable bonds is 10. The van der Waals surface area contributed by atoms with Crippen LogP contribution in [0.4, 0.5) is 8.78 Å². The fourth-order valence-electron chi connectivity index (χ4n) is 4.45. The van der Waals surface area contributed by atoms with E-state index >= 15 is 0 Å². The van der Waals surface area contributed by atoms with Crippen LogP contribution in [0.3, 0.4) is 0 Å². The Labute approximate surface area is 185 Å². The molecule has 1 aliphatic rings. The zero-order valence-electron chi connectivity index (χ0n) is 18.5. The second-order valence-electron chi connectivity index (χ2n) is 8.88. The van der Waals surface area contributed by atoms with E-state index in [-0.39, 0.29) is 11.9 Å². The molecule has 4 heteroatoms. The number of hydrogen-bond acceptors (Lipinski definition) is 2.